The van der Waals surface area contributed by atoms with Crippen molar-refractivity contribution in [3.63, 3.8) is 0 Å². The van der Waals surface area contributed by atoms with Crippen LogP contribution in [0.4, 0.5) is 0 Å². The maximum Gasteiger partial charge on any atom is 0.344 e. The van der Waals surface area contributed by atoms with Gasteiger partial charge in [-0.15, -0.1) is 0 Å². The first-order chi connectivity index (χ1) is 14.5. The van der Waals surface area contributed by atoms with Gasteiger partial charge in [0.25, 0.3) is 0 Å². The van der Waals surface area contributed by atoms with Crippen LogP contribution in [-0.2, 0) is 4.74 Å². The van der Waals surface area contributed by atoms with Gasteiger partial charge in [-0.1, -0.05) is 45.7 Å². The van der Waals surface area contributed by atoms with Crippen LogP contribution in [0, 0.1) is 17.2 Å². The van der Waals surface area contributed by atoms with Crippen molar-refractivity contribution in [1.82, 2.24) is 0 Å². The van der Waals surface area contributed by atoms with Crippen LogP contribution in [0.1, 0.15) is 79.2 Å². The van der Waals surface area contributed by atoms with Gasteiger partial charge < -0.3 is 9.47 Å². The summed E-state index contributed by atoms with van der Waals surface area (Å²) in [4.78, 5) is 25.4. The predicted octanol–water partition coefficient (Wildman–Crippen LogP) is 5.93. The number of nitriles is 1. The van der Waals surface area contributed by atoms with Gasteiger partial charge in [-0.2, -0.15) is 5.26 Å². The number of ether oxygens (including phenoxy) is 2. The molecular weight excluding hydrogens is 378 g/mol. The molecular formula is C25H29NO4. The molecule has 2 rings (SSSR count). The Morgan fingerprint density at radius 3 is 2.00 bits per heavy atom. The molecule has 0 aliphatic heterocycles. The molecule has 0 amide bonds. The summed E-state index contributed by atoms with van der Waals surface area (Å²) >= 11 is 0. The molecule has 0 spiro atoms. The summed E-state index contributed by atoms with van der Waals surface area (Å²) in [6.45, 7) is 6.35. The van der Waals surface area contributed by atoms with Crippen LogP contribution in [0.15, 0.2) is 48.5 Å². The Hall–Kier alpha value is -3.13. The van der Waals surface area contributed by atoms with Gasteiger partial charge in [0, 0.05) is 0 Å². The molecule has 0 aliphatic carbocycles. The minimum atomic E-state index is -0.641. The lowest BCUT2D eigenvalue weighted by atomic mass is 9.95. The van der Waals surface area contributed by atoms with Crippen molar-refractivity contribution in [3.8, 4) is 11.8 Å². The van der Waals surface area contributed by atoms with Crippen molar-refractivity contribution < 1.29 is 19.1 Å². The minimum Gasteiger partial charge on any atom is -0.459 e. The largest absolute Gasteiger partial charge is 0.459 e. The molecule has 0 bridgehead atoms. The molecule has 0 saturated heterocycles. The Morgan fingerprint density at radius 2 is 1.47 bits per heavy atom. The van der Waals surface area contributed by atoms with Crippen LogP contribution < -0.4 is 4.74 Å². The Labute approximate surface area is 178 Å². The van der Waals surface area contributed by atoms with Gasteiger partial charge in [0.1, 0.15) is 11.9 Å². The van der Waals surface area contributed by atoms with Crippen molar-refractivity contribution in [3.05, 3.63) is 65.2 Å². The highest BCUT2D eigenvalue weighted by Crippen LogP contribution is 2.21. The Kier molecular flexibility index (Phi) is 9.08. The molecule has 2 aromatic carbocycles. The second kappa shape index (κ2) is 11.8. The van der Waals surface area contributed by atoms with Crippen molar-refractivity contribution in [2.45, 2.75) is 59.0 Å². The van der Waals surface area contributed by atoms with Gasteiger partial charge >= 0.3 is 11.9 Å². The molecule has 158 valence electrons. The standard InChI is InChI=1S/C25H29NO4/c1-4-18(5-2)11-14-20(6-3)29-24(27)22-9-7-8-10-23(22)25(28)30-21-15-12-19(17-26)13-16-21/h7-10,12-13,15-16,18,20H,4-6,11,14H2,1-3H3. The van der Waals surface area contributed by atoms with Crippen molar-refractivity contribution in [2.75, 3.05) is 0 Å². The normalized spacial score (nSPS) is 11.6. The molecule has 5 nitrogen and oxygen atoms in total. The molecule has 1 unspecified atom stereocenters. The maximum absolute atomic E-state index is 12.8. The third kappa shape index (κ3) is 6.45. The number of rotatable bonds is 10. The lowest BCUT2D eigenvalue weighted by Gasteiger charge is -2.20. The number of nitrogens with zero attached hydrogens (tertiary/aromatic N) is 1. The molecule has 0 N–H and O–H groups in total. The van der Waals surface area contributed by atoms with Crippen LogP contribution in [0.2, 0.25) is 0 Å². The average molecular weight is 408 g/mol. The van der Waals surface area contributed by atoms with Crippen LogP contribution in [0.5, 0.6) is 5.75 Å². The molecule has 0 heterocycles. The van der Waals surface area contributed by atoms with Gasteiger partial charge in [0.15, 0.2) is 0 Å². The molecule has 5 heteroatoms. The number of hydrogen-bond acceptors (Lipinski definition) is 5. The van der Waals surface area contributed by atoms with E-state index in [2.05, 4.69) is 13.8 Å². The summed E-state index contributed by atoms with van der Waals surface area (Å²) < 4.78 is 11.1. The summed E-state index contributed by atoms with van der Waals surface area (Å²) in [5.74, 6) is -0.220. The molecule has 0 fully saturated rings. The van der Waals surface area contributed by atoms with E-state index in [-0.39, 0.29) is 17.2 Å². The van der Waals surface area contributed by atoms with E-state index < -0.39 is 11.9 Å². The van der Waals surface area contributed by atoms with Crippen molar-refractivity contribution in [1.29, 1.82) is 5.26 Å². The van der Waals surface area contributed by atoms with E-state index in [1.807, 2.05) is 13.0 Å². The molecule has 0 radical (unpaired) electrons. The smallest absolute Gasteiger partial charge is 0.344 e. The third-order valence-corrected chi connectivity index (χ3v) is 5.34. The topological polar surface area (TPSA) is 76.4 Å². The summed E-state index contributed by atoms with van der Waals surface area (Å²) in [5, 5.41) is 8.87. The lowest BCUT2D eigenvalue weighted by molar-refractivity contribution is 0.0252. The van der Waals surface area contributed by atoms with Gasteiger partial charge in [0.2, 0.25) is 0 Å². The number of hydrogen-bond donors (Lipinski definition) is 0. The van der Waals surface area contributed by atoms with Gasteiger partial charge in [-0.05, 0) is 61.6 Å². The van der Waals surface area contributed by atoms with E-state index >= 15 is 0 Å². The second-order valence-electron chi connectivity index (χ2n) is 7.27. The third-order valence-electron chi connectivity index (χ3n) is 5.34. The van der Waals surface area contributed by atoms with E-state index in [0.29, 0.717) is 17.2 Å². The molecule has 2 aromatic rings. The molecule has 0 aliphatic rings. The van der Waals surface area contributed by atoms with Crippen molar-refractivity contribution >= 4 is 11.9 Å². The monoisotopic (exact) mass is 407 g/mol. The Balaban J connectivity index is 2.09. The fraction of sp³-hybridized carbons (Fsp3) is 0.400. The van der Waals surface area contributed by atoms with E-state index in [1.54, 1.807) is 48.5 Å². The zero-order valence-corrected chi connectivity index (χ0v) is 17.9. The maximum atomic E-state index is 12.8. The van der Waals surface area contributed by atoms with Gasteiger partial charge in [0.05, 0.1) is 22.8 Å². The number of benzene rings is 2. The van der Waals surface area contributed by atoms with E-state index in [0.717, 1.165) is 32.1 Å². The SMILES string of the molecule is CCC(CC)CCC(CC)OC(=O)c1ccccc1C(=O)Oc1ccc(C#N)cc1. The Bertz CT molecular complexity index is 879. The molecule has 0 saturated carbocycles. The van der Waals surface area contributed by atoms with Crippen LogP contribution in [-0.4, -0.2) is 18.0 Å². The summed E-state index contributed by atoms with van der Waals surface area (Å²) in [5.41, 5.74) is 0.816. The number of carbonyl (C=O) groups excluding carboxylic acids is 2. The first-order valence-electron chi connectivity index (χ1n) is 10.5. The summed E-state index contributed by atoms with van der Waals surface area (Å²) in [7, 11) is 0. The molecule has 1 atom stereocenters. The quantitative estimate of drug-likeness (QED) is 0.360. The molecule has 0 aromatic heterocycles. The second-order valence-corrected chi connectivity index (χ2v) is 7.27. The highest BCUT2D eigenvalue weighted by atomic mass is 16.5. The zero-order valence-electron chi connectivity index (χ0n) is 17.9. The fourth-order valence-corrected chi connectivity index (χ4v) is 3.28. The zero-order chi connectivity index (χ0) is 21.9. The number of carbonyl (C=O) groups is 2. The first-order valence-corrected chi connectivity index (χ1v) is 10.5. The average Bonchev–Trinajstić information content (AvgIpc) is 2.79. The highest BCUT2D eigenvalue weighted by molar-refractivity contribution is 6.03. The Morgan fingerprint density at radius 1 is 0.867 bits per heavy atom. The fourth-order valence-electron chi connectivity index (χ4n) is 3.28. The van der Waals surface area contributed by atoms with Gasteiger partial charge in [-0.3, -0.25) is 0 Å². The van der Waals surface area contributed by atoms with Crippen LogP contribution in [0.3, 0.4) is 0 Å². The summed E-state index contributed by atoms with van der Waals surface area (Å²) in [6, 6.07) is 14.7. The highest BCUT2D eigenvalue weighted by Gasteiger charge is 2.22. The van der Waals surface area contributed by atoms with E-state index in [1.165, 1.54) is 0 Å². The number of esters is 2. The minimum absolute atomic E-state index is 0.154. The summed E-state index contributed by atoms with van der Waals surface area (Å²) in [6.07, 6.45) is 4.60. The van der Waals surface area contributed by atoms with E-state index in [4.69, 9.17) is 14.7 Å². The predicted molar refractivity (Wildman–Crippen MR) is 115 cm³/mol. The van der Waals surface area contributed by atoms with Gasteiger partial charge in [-0.25, -0.2) is 9.59 Å². The lowest BCUT2D eigenvalue weighted by Crippen LogP contribution is -2.21. The van der Waals surface area contributed by atoms with Crippen molar-refractivity contribution in [2.24, 2.45) is 5.92 Å². The van der Waals surface area contributed by atoms with Crippen LogP contribution >= 0.6 is 0 Å². The first kappa shape index (κ1) is 23.2. The molecule has 30 heavy (non-hydrogen) atoms. The van der Waals surface area contributed by atoms with E-state index in [9.17, 15) is 9.59 Å². The van der Waals surface area contributed by atoms with Crippen LogP contribution in [0.25, 0.3) is 0 Å².